The lowest BCUT2D eigenvalue weighted by atomic mass is 9.84. The van der Waals surface area contributed by atoms with E-state index in [0.717, 1.165) is 24.3 Å². The first-order valence-corrected chi connectivity index (χ1v) is 7.82. The van der Waals surface area contributed by atoms with Crippen molar-refractivity contribution in [3.05, 3.63) is 23.9 Å². The van der Waals surface area contributed by atoms with Crippen LogP contribution in [0, 0.1) is 5.92 Å². The molecule has 2 aliphatic rings. The third-order valence-corrected chi connectivity index (χ3v) is 4.88. The second-order valence-corrected chi connectivity index (χ2v) is 6.24. The molecule has 20 heavy (non-hydrogen) atoms. The lowest BCUT2D eigenvalue weighted by molar-refractivity contribution is 0.0350. The van der Waals surface area contributed by atoms with E-state index >= 15 is 0 Å². The number of pyridine rings is 1. The lowest BCUT2D eigenvalue weighted by Crippen LogP contribution is -2.52. The molecular weight excluding hydrogens is 248 g/mol. The lowest BCUT2D eigenvalue weighted by Gasteiger charge is -2.46. The molecular formula is C16H26N4. The van der Waals surface area contributed by atoms with Gasteiger partial charge in [-0.15, -0.1) is 0 Å². The molecule has 0 radical (unpaired) electrons. The number of fused-ring (bicyclic) bond motifs is 1. The first-order valence-electron chi connectivity index (χ1n) is 7.82. The van der Waals surface area contributed by atoms with E-state index in [1.165, 1.54) is 44.6 Å². The van der Waals surface area contributed by atoms with E-state index in [4.69, 9.17) is 0 Å². The van der Waals surface area contributed by atoms with E-state index in [1.54, 1.807) is 0 Å². The highest BCUT2D eigenvalue weighted by Gasteiger charge is 2.34. The molecule has 4 nitrogen and oxygen atoms in total. The SMILES string of the molecule is CNc1cccc(CN2CCC3C(CCCN3C)C2)n1. The molecule has 2 fully saturated rings. The second kappa shape index (κ2) is 6.10. The third kappa shape index (κ3) is 2.96. The highest BCUT2D eigenvalue weighted by atomic mass is 15.2. The highest BCUT2D eigenvalue weighted by Crippen LogP contribution is 2.30. The number of nitrogens with one attached hydrogen (secondary N) is 1. The molecule has 0 aromatic carbocycles. The first-order chi connectivity index (χ1) is 9.76. The summed E-state index contributed by atoms with van der Waals surface area (Å²) in [5.41, 5.74) is 1.18. The summed E-state index contributed by atoms with van der Waals surface area (Å²) in [5, 5.41) is 3.12. The molecule has 0 bridgehead atoms. The van der Waals surface area contributed by atoms with Crippen LogP contribution in [-0.4, -0.2) is 54.6 Å². The average molecular weight is 274 g/mol. The van der Waals surface area contributed by atoms with E-state index < -0.39 is 0 Å². The van der Waals surface area contributed by atoms with Crippen molar-refractivity contribution in [2.75, 3.05) is 39.0 Å². The molecule has 2 unspecified atom stereocenters. The van der Waals surface area contributed by atoms with Gasteiger partial charge in [0.05, 0.1) is 5.69 Å². The second-order valence-electron chi connectivity index (χ2n) is 6.24. The molecule has 2 atom stereocenters. The Morgan fingerprint density at radius 3 is 3.05 bits per heavy atom. The topological polar surface area (TPSA) is 31.4 Å². The van der Waals surface area contributed by atoms with E-state index in [1.807, 2.05) is 13.1 Å². The minimum atomic E-state index is 0.816. The minimum absolute atomic E-state index is 0.816. The largest absolute Gasteiger partial charge is 0.373 e. The van der Waals surface area contributed by atoms with Gasteiger partial charge in [0.2, 0.25) is 0 Å². The molecule has 110 valence electrons. The van der Waals surface area contributed by atoms with Crippen LogP contribution in [0.1, 0.15) is 25.0 Å². The van der Waals surface area contributed by atoms with E-state index in [0.29, 0.717) is 0 Å². The Labute approximate surface area is 122 Å². The predicted molar refractivity (Wildman–Crippen MR) is 82.8 cm³/mol. The van der Waals surface area contributed by atoms with Crippen LogP contribution in [0.25, 0.3) is 0 Å². The average Bonchev–Trinajstić information content (AvgIpc) is 2.47. The standard InChI is InChI=1S/C16H26N4/c1-17-16-7-3-6-14(18-16)12-20-10-8-15-13(11-20)5-4-9-19(15)2/h3,6-7,13,15H,4-5,8-12H2,1-2H3,(H,17,18). The van der Waals surface area contributed by atoms with Crippen molar-refractivity contribution in [3.8, 4) is 0 Å². The van der Waals surface area contributed by atoms with Crippen LogP contribution in [0.3, 0.4) is 0 Å². The zero-order valence-corrected chi connectivity index (χ0v) is 12.7. The van der Waals surface area contributed by atoms with Crippen LogP contribution < -0.4 is 5.32 Å². The van der Waals surface area contributed by atoms with Crippen LogP contribution in [0.4, 0.5) is 5.82 Å². The fourth-order valence-corrected chi connectivity index (χ4v) is 3.81. The van der Waals surface area contributed by atoms with E-state index in [2.05, 4.69) is 39.3 Å². The van der Waals surface area contributed by atoms with Gasteiger partial charge < -0.3 is 10.2 Å². The van der Waals surface area contributed by atoms with Crippen molar-refractivity contribution in [2.45, 2.75) is 31.8 Å². The van der Waals surface area contributed by atoms with Crippen molar-refractivity contribution in [2.24, 2.45) is 5.92 Å². The molecule has 1 N–H and O–H groups in total. The van der Waals surface area contributed by atoms with Gasteiger partial charge >= 0.3 is 0 Å². The summed E-state index contributed by atoms with van der Waals surface area (Å²) < 4.78 is 0. The Balaban J connectivity index is 1.61. The molecule has 0 spiro atoms. The Morgan fingerprint density at radius 2 is 2.20 bits per heavy atom. The normalized spacial score (nSPS) is 28.1. The molecule has 3 heterocycles. The minimum Gasteiger partial charge on any atom is -0.373 e. The van der Waals surface area contributed by atoms with Crippen molar-refractivity contribution < 1.29 is 0 Å². The van der Waals surface area contributed by atoms with Gasteiger partial charge in [-0.3, -0.25) is 4.90 Å². The van der Waals surface area contributed by atoms with Gasteiger partial charge in [-0.05, 0) is 50.9 Å². The maximum Gasteiger partial charge on any atom is 0.126 e. The summed E-state index contributed by atoms with van der Waals surface area (Å²) in [5.74, 6) is 1.82. The fraction of sp³-hybridized carbons (Fsp3) is 0.688. The zero-order valence-electron chi connectivity index (χ0n) is 12.7. The Kier molecular flexibility index (Phi) is 4.22. The van der Waals surface area contributed by atoms with Crippen LogP contribution in [-0.2, 0) is 6.54 Å². The maximum atomic E-state index is 4.64. The molecule has 0 saturated carbocycles. The number of likely N-dealkylation sites (tertiary alicyclic amines) is 2. The Bertz CT molecular complexity index is 448. The number of hydrogen-bond acceptors (Lipinski definition) is 4. The maximum absolute atomic E-state index is 4.64. The van der Waals surface area contributed by atoms with Crippen LogP contribution >= 0.6 is 0 Å². The molecule has 1 aromatic rings. The number of rotatable bonds is 3. The summed E-state index contributed by atoms with van der Waals surface area (Å²) in [4.78, 5) is 9.80. The number of nitrogens with zero attached hydrogens (tertiary/aromatic N) is 3. The smallest absolute Gasteiger partial charge is 0.126 e. The Morgan fingerprint density at radius 1 is 1.30 bits per heavy atom. The quantitative estimate of drug-likeness (QED) is 0.914. The molecule has 1 aromatic heterocycles. The first kappa shape index (κ1) is 13.8. The highest BCUT2D eigenvalue weighted by molar-refractivity contribution is 5.34. The summed E-state index contributed by atoms with van der Waals surface area (Å²) in [7, 11) is 4.22. The van der Waals surface area contributed by atoms with Gasteiger partial charge in [0, 0.05) is 32.7 Å². The van der Waals surface area contributed by atoms with E-state index in [9.17, 15) is 0 Å². The van der Waals surface area contributed by atoms with Crippen molar-refractivity contribution in [3.63, 3.8) is 0 Å². The zero-order chi connectivity index (χ0) is 13.9. The number of anilines is 1. The fourth-order valence-electron chi connectivity index (χ4n) is 3.81. The van der Waals surface area contributed by atoms with Crippen molar-refractivity contribution >= 4 is 5.82 Å². The van der Waals surface area contributed by atoms with Gasteiger partial charge in [-0.25, -0.2) is 4.98 Å². The molecule has 2 aliphatic heterocycles. The van der Waals surface area contributed by atoms with Gasteiger partial charge in [-0.2, -0.15) is 0 Å². The molecule has 2 saturated heterocycles. The predicted octanol–water partition coefficient (Wildman–Crippen LogP) is 2.04. The van der Waals surface area contributed by atoms with E-state index in [-0.39, 0.29) is 0 Å². The van der Waals surface area contributed by atoms with Gasteiger partial charge in [-0.1, -0.05) is 6.07 Å². The Hall–Kier alpha value is -1.13. The number of aromatic nitrogens is 1. The number of piperidine rings is 2. The summed E-state index contributed by atoms with van der Waals surface area (Å²) in [6.07, 6.45) is 4.07. The van der Waals surface area contributed by atoms with Crippen LogP contribution in [0.2, 0.25) is 0 Å². The molecule has 0 aliphatic carbocycles. The molecule has 0 amide bonds. The molecule has 4 heteroatoms. The molecule has 3 rings (SSSR count). The van der Waals surface area contributed by atoms with Crippen LogP contribution in [0.5, 0.6) is 0 Å². The van der Waals surface area contributed by atoms with Gasteiger partial charge in [0.15, 0.2) is 0 Å². The van der Waals surface area contributed by atoms with Crippen molar-refractivity contribution in [1.29, 1.82) is 0 Å². The van der Waals surface area contributed by atoms with Crippen molar-refractivity contribution in [1.82, 2.24) is 14.8 Å². The number of hydrogen-bond donors (Lipinski definition) is 1. The summed E-state index contributed by atoms with van der Waals surface area (Å²) >= 11 is 0. The third-order valence-electron chi connectivity index (χ3n) is 4.88. The van der Waals surface area contributed by atoms with Gasteiger partial charge in [0.25, 0.3) is 0 Å². The monoisotopic (exact) mass is 274 g/mol. The summed E-state index contributed by atoms with van der Waals surface area (Å²) in [6, 6.07) is 7.07. The summed E-state index contributed by atoms with van der Waals surface area (Å²) in [6.45, 7) is 4.72. The van der Waals surface area contributed by atoms with Gasteiger partial charge in [0.1, 0.15) is 5.82 Å². The van der Waals surface area contributed by atoms with Crippen LogP contribution in [0.15, 0.2) is 18.2 Å².